The van der Waals surface area contributed by atoms with Crippen molar-refractivity contribution in [2.24, 2.45) is 0 Å². The van der Waals surface area contributed by atoms with Gasteiger partial charge < -0.3 is 4.90 Å². The summed E-state index contributed by atoms with van der Waals surface area (Å²) in [5.41, 5.74) is 0.489. The fourth-order valence-corrected chi connectivity index (χ4v) is 1.92. The van der Waals surface area contributed by atoms with Gasteiger partial charge in [-0.15, -0.1) is 0 Å². The molecule has 0 aromatic heterocycles. The summed E-state index contributed by atoms with van der Waals surface area (Å²) >= 11 is 11.6. The standard InChI is InChI=1S/C10H8Cl2FNO/c11-10(12)4-5-14(9(10)15)8-3-1-2-7(13)6-8/h1-3,6H,4-5H2. The Hall–Kier alpha value is -0.800. The quantitative estimate of drug-likeness (QED) is 0.700. The molecule has 1 saturated heterocycles. The fraction of sp³-hybridized carbons (Fsp3) is 0.300. The Kier molecular flexibility index (Phi) is 2.61. The molecule has 5 heteroatoms. The lowest BCUT2D eigenvalue weighted by molar-refractivity contribution is -0.117. The average molecular weight is 248 g/mol. The van der Waals surface area contributed by atoms with E-state index in [-0.39, 0.29) is 5.82 Å². The number of carbonyl (C=O) groups excluding carboxylic acids is 1. The van der Waals surface area contributed by atoms with Crippen molar-refractivity contribution < 1.29 is 9.18 Å². The predicted octanol–water partition coefficient (Wildman–Crippen LogP) is 2.74. The Morgan fingerprint density at radius 2 is 2.13 bits per heavy atom. The van der Waals surface area contributed by atoms with Gasteiger partial charge in [0.2, 0.25) is 0 Å². The molecule has 0 unspecified atom stereocenters. The summed E-state index contributed by atoms with van der Waals surface area (Å²) in [5, 5.41) is 0. The van der Waals surface area contributed by atoms with Gasteiger partial charge in [0.05, 0.1) is 0 Å². The number of alkyl halides is 2. The van der Waals surface area contributed by atoms with Crippen LogP contribution in [0.2, 0.25) is 0 Å². The van der Waals surface area contributed by atoms with Crippen LogP contribution in [-0.4, -0.2) is 16.8 Å². The van der Waals surface area contributed by atoms with Crippen molar-refractivity contribution in [3.8, 4) is 0 Å². The van der Waals surface area contributed by atoms with Gasteiger partial charge in [-0.1, -0.05) is 29.3 Å². The fourth-order valence-electron chi connectivity index (χ4n) is 1.55. The third-order valence-corrected chi connectivity index (χ3v) is 3.03. The Morgan fingerprint density at radius 3 is 2.67 bits per heavy atom. The van der Waals surface area contributed by atoms with E-state index < -0.39 is 10.2 Å². The van der Waals surface area contributed by atoms with Crippen LogP contribution in [0, 0.1) is 5.82 Å². The molecular weight excluding hydrogens is 240 g/mol. The van der Waals surface area contributed by atoms with Crippen molar-refractivity contribution in [2.45, 2.75) is 10.8 Å². The van der Waals surface area contributed by atoms with Gasteiger partial charge in [-0.2, -0.15) is 0 Å². The number of hydrogen-bond acceptors (Lipinski definition) is 1. The lowest BCUT2D eigenvalue weighted by Crippen LogP contribution is -2.31. The average Bonchev–Trinajstić information content (AvgIpc) is 2.42. The van der Waals surface area contributed by atoms with Crippen molar-refractivity contribution in [2.75, 3.05) is 11.4 Å². The number of carbonyl (C=O) groups is 1. The number of anilines is 1. The van der Waals surface area contributed by atoms with Crippen molar-refractivity contribution in [1.82, 2.24) is 0 Å². The van der Waals surface area contributed by atoms with Crippen LogP contribution in [0.25, 0.3) is 0 Å². The highest BCUT2D eigenvalue weighted by Gasteiger charge is 2.44. The van der Waals surface area contributed by atoms with Gasteiger partial charge in [0, 0.05) is 18.7 Å². The van der Waals surface area contributed by atoms with Crippen molar-refractivity contribution in [3.05, 3.63) is 30.1 Å². The van der Waals surface area contributed by atoms with E-state index in [0.717, 1.165) is 0 Å². The van der Waals surface area contributed by atoms with Gasteiger partial charge in [-0.3, -0.25) is 4.79 Å². The highest BCUT2D eigenvalue weighted by Crippen LogP contribution is 2.36. The largest absolute Gasteiger partial charge is 0.310 e. The molecule has 1 aliphatic rings. The topological polar surface area (TPSA) is 20.3 Å². The lowest BCUT2D eigenvalue weighted by atomic mass is 10.3. The van der Waals surface area contributed by atoms with E-state index in [0.29, 0.717) is 18.7 Å². The maximum atomic E-state index is 12.9. The van der Waals surface area contributed by atoms with E-state index in [9.17, 15) is 9.18 Å². The molecule has 0 bridgehead atoms. The first kappa shape index (κ1) is 10.7. The van der Waals surface area contributed by atoms with Crippen LogP contribution in [0.3, 0.4) is 0 Å². The third kappa shape index (κ3) is 1.94. The molecule has 1 aromatic carbocycles. The summed E-state index contributed by atoms with van der Waals surface area (Å²) in [7, 11) is 0. The molecule has 0 radical (unpaired) electrons. The zero-order valence-corrected chi connectivity index (χ0v) is 9.22. The molecule has 0 aliphatic carbocycles. The van der Waals surface area contributed by atoms with Crippen LogP contribution in [0.4, 0.5) is 10.1 Å². The second-order valence-electron chi connectivity index (χ2n) is 3.39. The van der Waals surface area contributed by atoms with E-state index in [4.69, 9.17) is 23.2 Å². The first-order valence-corrected chi connectivity index (χ1v) is 5.22. The van der Waals surface area contributed by atoms with Crippen LogP contribution < -0.4 is 4.90 Å². The van der Waals surface area contributed by atoms with E-state index in [1.807, 2.05) is 0 Å². The summed E-state index contributed by atoms with van der Waals surface area (Å²) in [5.74, 6) is -0.779. The Morgan fingerprint density at radius 1 is 1.40 bits per heavy atom. The van der Waals surface area contributed by atoms with Crippen LogP contribution in [0.1, 0.15) is 6.42 Å². The van der Waals surface area contributed by atoms with Gasteiger partial charge >= 0.3 is 0 Å². The molecule has 1 aromatic rings. The van der Waals surface area contributed by atoms with E-state index in [1.165, 1.54) is 17.0 Å². The molecule has 2 nitrogen and oxygen atoms in total. The summed E-state index contributed by atoms with van der Waals surface area (Å²) in [6.45, 7) is 0.412. The molecule has 1 fully saturated rings. The normalized spacial score (nSPS) is 19.7. The zero-order chi connectivity index (χ0) is 11.1. The van der Waals surface area contributed by atoms with E-state index >= 15 is 0 Å². The summed E-state index contributed by atoms with van der Waals surface area (Å²) in [4.78, 5) is 13.1. The number of amides is 1. The maximum absolute atomic E-state index is 12.9. The highest BCUT2D eigenvalue weighted by molar-refractivity contribution is 6.59. The Bertz CT molecular complexity index is 408. The second-order valence-corrected chi connectivity index (χ2v) is 4.88. The number of hydrogen-bond donors (Lipinski definition) is 0. The van der Waals surface area contributed by atoms with E-state index in [1.54, 1.807) is 12.1 Å². The third-order valence-electron chi connectivity index (χ3n) is 2.33. The molecular formula is C10H8Cl2FNO. The minimum Gasteiger partial charge on any atom is -0.310 e. The number of rotatable bonds is 1. The highest BCUT2D eigenvalue weighted by atomic mass is 35.5. The molecule has 1 aliphatic heterocycles. The molecule has 80 valence electrons. The van der Waals surface area contributed by atoms with Crippen LogP contribution >= 0.6 is 23.2 Å². The molecule has 0 atom stereocenters. The minimum atomic E-state index is -1.37. The molecule has 0 spiro atoms. The van der Waals surface area contributed by atoms with Crippen molar-refractivity contribution in [3.63, 3.8) is 0 Å². The van der Waals surface area contributed by atoms with Crippen LogP contribution in [-0.2, 0) is 4.79 Å². The molecule has 0 N–H and O–H groups in total. The van der Waals surface area contributed by atoms with Gasteiger partial charge in [0.15, 0.2) is 4.33 Å². The van der Waals surface area contributed by atoms with Crippen LogP contribution in [0.15, 0.2) is 24.3 Å². The van der Waals surface area contributed by atoms with Crippen molar-refractivity contribution in [1.29, 1.82) is 0 Å². The van der Waals surface area contributed by atoms with Gasteiger partial charge in [-0.25, -0.2) is 4.39 Å². The summed E-state index contributed by atoms with van der Waals surface area (Å²) in [6.07, 6.45) is 0.353. The molecule has 1 heterocycles. The van der Waals surface area contributed by atoms with E-state index in [2.05, 4.69) is 0 Å². The number of benzene rings is 1. The molecule has 0 saturated carbocycles. The molecule has 15 heavy (non-hydrogen) atoms. The van der Waals surface area contributed by atoms with Crippen molar-refractivity contribution >= 4 is 34.8 Å². The Balaban J connectivity index is 2.31. The monoisotopic (exact) mass is 247 g/mol. The summed E-state index contributed by atoms with van der Waals surface area (Å²) < 4.78 is 11.6. The first-order chi connectivity index (χ1) is 7.00. The van der Waals surface area contributed by atoms with Gasteiger partial charge in [0.25, 0.3) is 5.91 Å². The van der Waals surface area contributed by atoms with Crippen LogP contribution in [0.5, 0.6) is 0 Å². The lowest BCUT2D eigenvalue weighted by Gasteiger charge is -2.17. The molecule has 2 rings (SSSR count). The number of nitrogens with zero attached hydrogens (tertiary/aromatic N) is 1. The number of halogens is 3. The molecule has 1 amide bonds. The smallest absolute Gasteiger partial charge is 0.263 e. The SMILES string of the molecule is O=C1N(c2cccc(F)c2)CCC1(Cl)Cl. The predicted molar refractivity (Wildman–Crippen MR) is 57.8 cm³/mol. The summed E-state index contributed by atoms with van der Waals surface area (Å²) in [6, 6.07) is 5.79. The minimum absolute atomic E-state index is 0.353. The second kappa shape index (κ2) is 3.65. The Labute approximate surface area is 96.6 Å². The maximum Gasteiger partial charge on any atom is 0.263 e. The first-order valence-electron chi connectivity index (χ1n) is 4.46. The van der Waals surface area contributed by atoms with Gasteiger partial charge in [-0.05, 0) is 18.2 Å². The van der Waals surface area contributed by atoms with Gasteiger partial charge in [0.1, 0.15) is 5.82 Å². The zero-order valence-electron chi connectivity index (χ0n) is 7.71.